The van der Waals surface area contributed by atoms with Gasteiger partial charge in [0.2, 0.25) is 5.60 Å². The molecule has 0 saturated carbocycles. The van der Waals surface area contributed by atoms with Gasteiger partial charge >= 0.3 is 5.97 Å². The molecule has 3 atom stereocenters. The second-order valence-corrected chi connectivity index (χ2v) is 14.7. The topological polar surface area (TPSA) is 84.8 Å². The number of nitrogens with zero attached hydrogens (tertiary/aromatic N) is 4. The Labute approximate surface area is 302 Å². The summed E-state index contributed by atoms with van der Waals surface area (Å²) in [4.78, 5) is 15.7. The molecule has 3 fully saturated rings. The molecular formula is C39H53ClN4O4S. The smallest absolute Gasteiger partial charge is 0.347 e. The van der Waals surface area contributed by atoms with Crippen LogP contribution < -0.4 is 17.1 Å². The van der Waals surface area contributed by atoms with Gasteiger partial charge in [0.1, 0.15) is 11.8 Å². The zero-order chi connectivity index (χ0) is 33.4. The largest absolute Gasteiger partial charge is 1.00 e. The standard InChI is InChI=1S/C25H30NO3.C14H23N3OS.ClH/c27-24(25(28,19-9-3-1-4-10-19)20-11-5-2-6-12-20)29-23-17-21-13-14-22(18-23)26(21)15-7-8-16-26;1-3-4-5-6-10-18-14-13(15-19-16-14)12-8-7-9-17(2)11-12;/h1-6,9-12,21-23,28H,7-8,13-18H2;8H,3-7,9-11H2,1-2H3;1H/q+1;;/p-1/t21-,22+,23?;;. The maximum Gasteiger partial charge on any atom is 0.347 e. The summed E-state index contributed by atoms with van der Waals surface area (Å²) < 4.78 is 21.8. The number of benzene rings is 2. The molecule has 1 N–H and O–H groups in total. The number of ether oxygens (including phenoxy) is 2. The van der Waals surface area contributed by atoms with Crippen LogP contribution in [0.4, 0.5) is 0 Å². The Bertz CT molecular complexity index is 1440. The summed E-state index contributed by atoms with van der Waals surface area (Å²) in [5.41, 5.74) is 1.54. The lowest BCUT2D eigenvalue weighted by Gasteiger charge is -2.47. The summed E-state index contributed by atoms with van der Waals surface area (Å²) in [6, 6.07) is 19.6. The third kappa shape index (κ3) is 8.39. The number of carbonyl (C=O) groups excluding carboxylic acids is 1. The average molecular weight is 709 g/mol. The predicted molar refractivity (Wildman–Crippen MR) is 191 cm³/mol. The van der Waals surface area contributed by atoms with E-state index in [4.69, 9.17) is 9.47 Å². The van der Waals surface area contributed by atoms with Crippen molar-refractivity contribution >= 4 is 23.3 Å². The fourth-order valence-electron chi connectivity index (χ4n) is 8.54. The molecule has 5 heterocycles. The van der Waals surface area contributed by atoms with Crippen LogP contribution in [-0.2, 0) is 15.1 Å². The SMILES string of the molecule is CCCCCCOc1nsnc1C1=CCCN(C)C1.O=C(OC1C[C@H]2CC[C@@H](C1)[N+]21CCCC1)C(O)(c1ccccc1)c1ccccc1.[Cl-]. The van der Waals surface area contributed by atoms with Crippen molar-refractivity contribution in [3.05, 3.63) is 83.6 Å². The van der Waals surface area contributed by atoms with E-state index in [-0.39, 0.29) is 18.5 Å². The van der Waals surface area contributed by atoms with Crippen LogP contribution in [0.3, 0.4) is 0 Å². The first-order chi connectivity index (χ1) is 23.4. The average Bonchev–Trinajstić information content (AvgIpc) is 3.84. The monoisotopic (exact) mass is 708 g/mol. The highest BCUT2D eigenvalue weighted by Gasteiger charge is 2.56. The zero-order valence-corrected chi connectivity index (χ0v) is 30.7. The maximum absolute atomic E-state index is 13.4. The number of aromatic nitrogens is 2. The predicted octanol–water partition coefficient (Wildman–Crippen LogP) is 3.99. The first kappa shape index (κ1) is 37.4. The number of likely N-dealkylation sites (N-methyl/N-ethyl adjacent to an activating group) is 1. The van der Waals surface area contributed by atoms with E-state index in [0.29, 0.717) is 23.2 Å². The quantitative estimate of drug-likeness (QED) is 0.183. The number of rotatable bonds is 11. The summed E-state index contributed by atoms with van der Waals surface area (Å²) in [6.45, 7) is 7.63. The molecule has 266 valence electrons. The molecular weight excluding hydrogens is 656 g/mol. The summed E-state index contributed by atoms with van der Waals surface area (Å²) >= 11 is 1.25. The second-order valence-electron chi connectivity index (χ2n) is 14.2. The molecule has 0 amide bonds. The normalized spacial score (nSPS) is 22.8. The fraction of sp³-hybridized carbons (Fsp3) is 0.564. The molecule has 2 aromatic carbocycles. The number of hydrogen-bond donors (Lipinski definition) is 1. The molecule has 2 bridgehead atoms. The fourth-order valence-corrected chi connectivity index (χ4v) is 9.07. The Morgan fingerprint density at radius 1 is 0.959 bits per heavy atom. The highest BCUT2D eigenvalue weighted by atomic mass is 35.5. The third-order valence-electron chi connectivity index (χ3n) is 11.0. The molecule has 1 unspecified atom stereocenters. The van der Waals surface area contributed by atoms with Gasteiger partial charge in [-0.25, -0.2) is 4.79 Å². The summed E-state index contributed by atoms with van der Waals surface area (Å²) in [6.07, 6.45) is 15.1. The minimum Gasteiger partial charge on any atom is -1.00 e. The van der Waals surface area contributed by atoms with Gasteiger partial charge in [-0.2, -0.15) is 4.37 Å². The minimum atomic E-state index is -1.78. The van der Waals surface area contributed by atoms with E-state index in [2.05, 4.69) is 33.7 Å². The van der Waals surface area contributed by atoms with Crippen LogP contribution in [0.25, 0.3) is 5.57 Å². The van der Waals surface area contributed by atoms with E-state index >= 15 is 0 Å². The minimum absolute atomic E-state index is 0. The van der Waals surface area contributed by atoms with Crippen molar-refractivity contribution in [1.29, 1.82) is 0 Å². The van der Waals surface area contributed by atoms with Gasteiger partial charge in [-0.1, -0.05) is 92.9 Å². The van der Waals surface area contributed by atoms with Gasteiger partial charge in [0.15, 0.2) is 0 Å². The molecule has 4 aliphatic heterocycles. The number of aliphatic hydroxyl groups is 1. The van der Waals surface area contributed by atoms with Crippen molar-refractivity contribution in [3.8, 4) is 5.88 Å². The Hall–Kier alpha value is -2.82. The van der Waals surface area contributed by atoms with Crippen molar-refractivity contribution in [2.24, 2.45) is 0 Å². The van der Waals surface area contributed by atoms with E-state index in [1.807, 2.05) is 36.4 Å². The molecule has 3 saturated heterocycles. The zero-order valence-electron chi connectivity index (χ0n) is 29.1. The van der Waals surface area contributed by atoms with Crippen molar-refractivity contribution in [3.63, 3.8) is 0 Å². The number of quaternary nitrogens is 1. The van der Waals surface area contributed by atoms with E-state index in [0.717, 1.165) is 57.0 Å². The highest BCUT2D eigenvalue weighted by Crippen LogP contribution is 2.46. The number of halogens is 1. The van der Waals surface area contributed by atoms with Crippen LogP contribution >= 0.6 is 11.7 Å². The van der Waals surface area contributed by atoms with Crippen LogP contribution in [0, 0.1) is 0 Å². The van der Waals surface area contributed by atoms with E-state index in [9.17, 15) is 9.90 Å². The Kier molecular flexibility index (Phi) is 13.3. The molecule has 4 aliphatic rings. The van der Waals surface area contributed by atoms with Gasteiger partial charge in [-0.3, -0.25) is 0 Å². The second kappa shape index (κ2) is 17.4. The lowest BCUT2D eigenvalue weighted by molar-refractivity contribution is -0.956. The molecule has 0 radical (unpaired) electrons. The molecule has 10 heteroatoms. The number of unbranched alkanes of at least 4 members (excludes halogenated alkanes) is 3. The van der Waals surface area contributed by atoms with Gasteiger partial charge in [-0.15, -0.1) is 4.37 Å². The summed E-state index contributed by atoms with van der Waals surface area (Å²) in [7, 11) is 2.14. The Morgan fingerprint density at radius 3 is 2.18 bits per heavy atom. The number of hydrogen-bond acceptors (Lipinski definition) is 8. The Balaban J connectivity index is 0.000000205. The number of esters is 1. The van der Waals surface area contributed by atoms with Crippen molar-refractivity contribution < 1.29 is 36.3 Å². The van der Waals surface area contributed by atoms with Crippen LogP contribution in [0.15, 0.2) is 66.7 Å². The molecule has 49 heavy (non-hydrogen) atoms. The molecule has 1 spiro atoms. The Morgan fingerprint density at radius 2 is 1.59 bits per heavy atom. The van der Waals surface area contributed by atoms with Gasteiger partial charge in [-0.05, 0) is 36.6 Å². The van der Waals surface area contributed by atoms with Gasteiger partial charge in [0.25, 0.3) is 5.88 Å². The molecule has 0 aliphatic carbocycles. The first-order valence-electron chi connectivity index (χ1n) is 18.2. The summed E-state index contributed by atoms with van der Waals surface area (Å²) in [5.74, 6) is 0.178. The van der Waals surface area contributed by atoms with E-state index in [1.54, 1.807) is 24.3 Å². The van der Waals surface area contributed by atoms with E-state index in [1.165, 1.54) is 79.8 Å². The summed E-state index contributed by atoms with van der Waals surface area (Å²) in [5, 5.41) is 11.6. The lowest BCUT2D eigenvalue weighted by atomic mass is 9.86. The molecule has 8 nitrogen and oxygen atoms in total. The van der Waals surface area contributed by atoms with Crippen LogP contribution in [0.2, 0.25) is 0 Å². The maximum atomic E-state index is 13.4. The van der Waals surface area contributed by atoms with Crippen molar-refractivity contribution in [2.75, 3.05) is 39.8 Å². The van der Waals surface area contributed by atoms with Crippen molar-refractivity contribution in [2.45, 2.75) is 101 Å². The highest BCUT2D eigenvalue weighted by molar-refractivity contribution is 6.99. The third-order valence-corrected chi connectivity index (χ3v) is 11.6. The van der Waals surface area contributed by atoms with E-state index < -0.39 is 11.6 Å². The number of carbonyl (C=O) groups is 1. The molecule has 7 rings (SSSR count). The molecule has 3 aromatic rings. The molecule has 1 aromatic heterocycles. The van der Waals surface area contributed by atoms with Gasteiger partial charge in [0.05, 0.1) is 43.5 Å². The van der Waals surface area contributed by atoms with Gasteiger partial charge in [0, 0.05) is 51.6 Å². The van der Waals surface area contributed by atoms with Crippen LogP contribution in [-0.4, -0.2) is 87.2 Å². The lowest BCUT2D eigenvalue weighted by Crippen LogP contribution is -3.00. The van der Waals surface area contributed by atoms with Gasteiger partial charge < -0.3 is 36.4 Å². The van der Waals surface area contributed by atoms with Crippen LogP contribution in [0.5, 0.6) is 5.88 Å². The number of piperidine rings is 1. The van der Waals surface area contributed by atoms with Crippen molar-refractivity contribution in [1.82, 2.24) is 13.6 Å². The first-order valence-corrected chi connectivity index (χ1v) is 18.9. The van der Waals surface area contributed by atoms with Crippen LogP contribution in [0.1, 0.15) is 94.4 Å².